The molecule has 0 saturated heterocycles. The van der Waals surface area contributed by atoms with Gasteiger partial charge in [0.2, 0.25) is 0 Å². The molecule has 1 aromatic heterocycles. The predicted octanol–water partition coefficient (Wildman–Crippen LogP) is 4.04. The Balaban J connectivity index is 1.59. The lowest BCUT2D eigenvalue weighted by molar-refractivity contribution is -0.384. The van der Waals surface area contributed by atoms with Crippen molar-refractivity contribution in [3.63, 3.8) is 0 Å². The van der Waals surface area contributed by atoms with Gasteiger partial charge in [-0.1, -0.05) is 35.3 Å². The van der Waals surface area contributed by atoms with E-state index in [1.807, 2.05) is 0 Å². The zero-order valence-electron chi connectivity index (χ0n) is 14.5. The number of nitro benzene ring substituents is 1. The Labute approximate surface area is 183 Å². The second-order valence-electron chi connectivity index (χ2n) is 6.03. The molecule has 0 fully saturated rings. The zero-order chi connectivity index (χ0) is 20.5. The van der Waals surface area contributed by atoms with Crippen molar-refractivity contribution >= 4 is 50.7 Å². The van der Waals surface area contributed by atoms with Crippen molar-refractivity contribution in [3.8, 4) is 5.69 Å². The van der Waals surface area contributed by atoms with Crippen LogP contribution in [-0.2, 0) is 6.54 Å². The highest BCUT2D eigenvalue weighted by Gasteiger charge is 2.25. The number of hydrogen-bond donors (Lipinski definition) is 2. The number of nitrogens with one attached hydrogen (secondary N) is 2. The fourth-order valence-corrected chi connectivity index (χ4v) is 3.83. The average molecular weight is 497 g/mol. The largest absolute Gasteiger partial charge is 0.269 e. The van der Waals surface area contributed by atoms with Crippen molar-refractivity contribution in [3.05, 3.63) is 84.6 Å². The minimum Gasteiger partial charge on any atom is -0.266 e. The lowest BCUT2D eigenvalue weighted by Gasteiger charge is -2.18. The average Bonchev–Trinajstić information content (AvgIpc) is 3.28. The molecule has 148 valence electrons. The number of aromatic nitrogens is 2. The van der Waals surface area contributed by atoms with E-state index in [1.165, 1.54) is 12.1 Å². The molecule has 0 spiro atoms. The van der Waals surface area contributed by atoms with Crippen molar-refractivity contribution in [1.82, 2.24) is 25.9 Å². The fraction of sp³-hybridized carbons (Fsp3) is 0.0588. The van der Waals surface area contributed by atoms with Gasteiger partial charge in [0.15, 0.2) is 5.84 Å². The van der Waals surface area contributed by atoms with Crippen LogP contribution in [0, 0.1) is 10.1 Å². The fourth-order valence-electron chi connectivity index (χ4n) is 2.78. The summed E-state index contributed by atoms with van der Waals surface area (Å²) in [6.07, 6.45) is 1.66. The third-order valence-electron chi connectivity index (χ3n) is 4.18. The molecule has 0 aliphatic carbocycles. The molecule has 2 N–H and O–H groups in total. The Morgan fingerprint density at radius 1 is 1.17 bits per heavy atom. The molecule has 12 heteroatoms. The third kappa shape index (κ3) is 3.92. The van der Waals surface area contributed by atoms with E-state index in [1.54, 1.807) is 46.2 Å². The van der Waals surface area contributed by atoms with Crippen molar-refractivity contribution < 1.29 is 4.92 Å². The normalized spacial score (nSPS) is 13.3. The number of non-ortho nitro benzene ring substituents is 1. The van der Waals surface area contributed by atoms with Gasteiger partial charge in [-0.15, -0.1) is 10.6 Å². The Morgan fingerprint density at radius 3 is 2.62 bits per heavy atom. The molecule has 0 radical (unpaired) electrons. The van der Waals surface area contributed by atoms with Crippen LogP contribution in [0.1, 0.15) is 11.1 Å². The zero-order valence-corrected chi connectivity index (χ0v) is 17.6. The van der Waals surface area contributed by atoms with Crippen LogP contribution in [0.2, 0.25) is 10.0 Å². The van der Waals surface area contributed by atoms with Crippen LogP contribution in [0.5, 0.6) is 0 Å². The van der Waals surface area contributed by atoms with Gasteiger partial charge < -0.3 is 0 Å². The molecular weight excluding hydrogens is 485 g/mol. The number of hydrogen-bond acceptors (Lipinski definition) is 7. The molecule has 9 nitrogen and oxygen atoms in total. The summed E-state index contributed by atoms with van der Waals surface area (Å²) < 4.78 is 2.29. The van der Waals surface area contributed by atoms with Gasteiger partial charge in [0.1, 0.15) is 4.60 Å². The van der Waals surface area contributed by atoms with E-state index >= 15 is 0 Å². The molecule has 4 rings (SSSR count). The molecule has 1 aliphatic heterocycles. The first-order valence-electron chi connectivity index (χ1n) is 8.22. The topological polar surface area (TPSA) is 101 Å². The Bertz CT molecular complexity index is 1120. The predicted molar refractivity (Wildman–Crippen MR) is 113 cm³/mol. The van der Waals surface area contributed by atoms with Gasteiger partial charge in [-0.25, -0.2) is 10.2 Å². The minimum atomic E-state index is -0.431. The summed E-state index contributed by atoms with van der Waals surface area (Å²) in [4.78, 5) is 10.4. The highest BCUT2D eigenvalue weighted by molar-refractivity contribution is 9.10. The van der Waals surface area contributed by atoms with E-state index in [2.05, 4.69) is 37.2 Å². The molecule has 0 bridgehead atoms. The molecule has 2 aromatic carbocycles. The van der Waals surface area contributed by atoms with Gasteiger partial charge in [0, 0.05) is 17.2 Å². The molecule has 3 aromatic rings. The number of benzene rings is 2. The molecular formula is C17H12BrCl2N7O2. The van der Waals surface area contributed by atoms with Crippen molar-refractivity contribution in [2.75, 3.05) is 0 Å². The van der Waals surface area contributed by atoms with Crippen LogP contribution < -0.4 is 11.1 Å². The number of hydrazine groups is 2. The maximum atomic E-state index is 10.8. The van der Waals surface area contributed by atoms with Gasteiger partial charge in [-0.3, -0.25) is 15.1 Å². The van der Waals surface area contributed by atoms with Crippen LogP contribution in [0.15, 0.2) is 58.4 Å². The Kier molecular flexibility index (Phi) is 5.41. The molecule has 1 aliphatic rings. The maximum Gasteiger partial charge on any atom is 0.269 e. The van der Waals surface area contributed by atoms with E-state index in [-0.39, 0.29) is 5.69 Å². The summed E-state index contributed by atoms with van der Waals surface area (Å²) in [7, 11) is 0. The molecule has 0 unspecified atom stereocenters. The number of nitrogens with zero attached hydrogens (tertiary/aromatic N) is 5. The summed E-state index contributed by atoms with van der Waals surface area (Å²) in [5.41, 5.74) is 7.94. The van der Waals surface area contributed by atoms with Crippen LogP contribution >= 0.6 is 39.1 Å². The summed E-state index contributed by atoms with van der Waals surface area (Å²) in [5.74, 6) is 0.589. The van der Waals surface area contributed by atoms with Crippen molar-refractivity contribution in [2.45, 2.75) is 6.54 Å². The summed E-state index contributed by atoms with van der Waals surface area (Å²) >= 11 is 15.8. The highest BCUT2D eigenvalue weighted by Crippen LogP contribution is 2.29. The maximum absolute atomic E-state index is 10.8. The highest BCUT2D eigenvalue weighted by atomic mass is 79.9. The van der Waals surface area contributed by atoms with Crippen LogP contribution in [0.3, 0.4) is 0 Å². The third-order valence-corrected chi connectivity index (χ3v) is 5.48. The van der Waals surface area contributed by atoms with Gasteiger partial charge in [-0.05, 0) is 39.7 Å². The standard InChI is InChI=1S/C17H12BrCl2N7O2/c18-16-13(8-21-26(16)15-6-3-11(19)7-14(15)20)17-22-23-24-25(17)9-10-1-4-12(5-2-10)27(28)29/h1-8,23-24H,9H2. The second kappa shape index (κ2) is 7.99. The van der Waals surface area contributed by atoms with Crippen molar-refractivity contribution in [2.24, 2.45) is 5.10 Å². The lowest BCUT2D eigenvalue weighted by Crippen LogP contribution is -2.40. The van der Waals surface area contributed by atoms with Crippen LogP contribution in [0.25, 0.3) is 5.69 Å². The lowest BCUT2D eigenvalue weighted by atomic mass is 10.2. The SMILES string of the molecule is O=[N+]([O-])c1ccc(CN2NNN=C2c2cnn(-c3ccc(Cl)cc3Cl)c2Br)cc1. The summed E-state index contributed by atoms with van der Waals surface area (Å²) in [5, 5.41) is 22.2. The number of rotatable bonds is 5. The Hall–Kier alpha value is -2.66. The van der Waals surface area contributed by atoms with E-state index in [0.29, 0.717) is 32.7 Å². The number of halogens is 3. The number of hydrazone groups is 1. The van der Waals surface area contributed by atoms with Crippen LogP contribution in [0.4, 0.5) is 5.69 Å². The first kappa shape index (κ1) is 19.6. The first-order valence-corrected chi connectivity index (χ1v) is 9.77. The van der Waals surface area contributed by atoms with Gasteiger partial charge in [-0.2, -0.15) is 5.10 Å². The number of nitro groups is 1. The second-order valence-corrected chi connectivity index (χ2v) is 7.62. The minimum absolute atomic E-state index is 0.0408. The van der Waals surface area contributed by atoms with E-state index in [9.17, 15) is 10.1 Å². The summed E-state index contributed by atoms with van der Waals surface area (Å²) in [6, 6.07) is 11.5. The van der Waals surface area contributed by atoms with E-state index < -0.39 is 4.92 Å². The molecule has 0 atom stereocenters. The van der Waals surface area contributed by atoms with E-state index in [4.69, 9.17) is 23.2 Å². The van der Waals surface area contributed by atoms with Crippen molar-refractivity contribution in [1.29, 1.82) is 0 Å². The Morgan fingerprint density at radius 2 is 1.93 bits per heavy atom. The number of amidine groups is 1. The van der Waals surface area contributed by atoms with E-state index in [0.717, 1.165) is 11.1 Å². The monoisotopic (exact) mass is 495 g/mol. The van der Waals surface area contributed by atoms with Gasteiger partial charge >= 0.3 is 0 Å². The quantitative estimate of drug-likeness (QED) is 0.408. The first-order chi connectivity index (χ1) is 13.9. The molecule has 29 heavy (non-hydrogen) atoms. The molecule has 2 heterocycles. The summed E-state index contributed by atoms with van der Waals surface area (Å²) in [6.45, 7) is 0.420. The van der Waals surface area contributed by atoms with Gasteiger partial charge in [0.25, 0.3) is 5.69 Å². The van der Waals surface area contributed by atoms with Crippen LogP contribution in [-0.4, -0.2) is 25.5 Å². The molecule has 0 saturated carbocycles. The smallest absolute Gasteiger partial charge is 0.266 e. The molecule has 0 amide bonds. The van der Waals surface area contributed by atoms with Gasteiger partial charge in [0.05, 0.1) is 33.9 Å².